The first-order valence-electron chi connectivity index (χ1n) is 12.4. The van der Waals surface area contributed by atoms with Crippen molar-refractivity contribution >= 4 is 39.4 Å². The lowest BCUT2D eigenvalue weighted by atomic mass is 10.1. The van der Waals surface area contributed by atoms with Gasteiger partial charge >= 0.3 is 6.09 Å². The molecule has 38 heavy (non-hydrogen) atoms. The Balaban J connectivity index is 1.20. The number of pyridine rings is 1. The van der Waals surface area contributed by atoms with E-state index in [2.05, 4.69) is 25.2 Å². The third kappa shape index (κ3) is 6.17. The van der Waals surface area contributed by atoms with E-state index in [1.54, 1.807) is 29.5 Å². The molecule has 4 aromatic rings. The highest BCUT2D eigenvalue weighted by Gasteiger charge is 2.25. The van der Waals surface area contributed by atoms with E-state index < -0.39 is 5.60 Å². The summed E-state index contributed by atoms with van der Waals surface area (Å²) in [6, 6.07) is 10.0. The zero-order valence-corrected chi connectivity index (χ0v) is 22.8. The maximum absolute atomic E-state index is 12.3. The Hall–Kier alpha value is -3.83. The summed E-state index contributed by atoms with van der Waals surface area (Å²) >= 11 is 1.60. The summed E-state index contributed by atoms with van der Waals surface area (Å²) in [6.45, 7) is 9.28. The number of methoxy groups -OCH3 is 1. The zero-order valence-electron chi connectivity index (χ0n) is 22.0. The van der Waals surface area contributed by atoms with Crippen LogP contribution in [0.1, 0.15) is 26.3 Å². The van der Waals surface area contributed by atoms with E-state index in [1.807, 2.05) is 62.8 Å². The molecule has 0 radical (unpaired) electrons. The highest BCUT2D eigenvalue weighted by molar-refractivity contribution is 7.16. The van der Waals surface area contributed by atoms with Gasteiger partial charge in [0.2, 0.25) is 5.95 Å². The van der Waals surface area contributed by atoms with Gasteiger partial charge in [0.15, 0.2) is 5.75 Å². The van der Waals surface area contributed by atoms with Crippen molar-refractivity contribution < 1.29 is 14.3 Å². The second-order valence-electron chi connectivity index (χ2n) is 10.1. The molecule has 1 aromatic carbocycles. The number of aromatic nitrogens is 4. The molecule has 0 spiro atoms. The van der Waals surface area contributed by atoms with Crippen molar-refractivity contribution in [3.8, 4) is 17.0 Å². The van der Waals surface area contributed by atoms with Crippen molar-refractivity contribution in [2.24, 2.45) is 0 Å². The number of rotatable bonds is 6. The van der Waals surface area contributed by atoms with E-state index in [-0.39, 0.29) is 6.09 Å². The maximum atomic E-state index is 12.3. The number of hydrogen-bond donors (Lipinski definition) is 1. The molecule has 3 aromatic heterocycles. The topological polar surface area (TPSA) is 106 Å². The molecule has 0 aliphatic carbocycles. The lowest BCUT2D eigenvalue weighted by molar-refractivity contribution is 0.0139. The number of nitrogens with zero attached hydrogens (tertiary/aromatic N) is 6. The lowest BCUT2D eigenvalue weighted by Crippen LogP contribution is -2.49. The average Bonchev–Trinajstić information content (AvgIpc) is 3.37. The van der Waals surface area contributed by atoms with Crippen LogP contribution in [0.5, 0.6) is 5.75 Å². The summed E-state index contributed by atoms with van der Waals surface area (Å²) in [5.41, 5.74) is 4.95. The van der Waals surface area contributed by atoms with E-state index in [1.165, 1.54) is 0 Å². The highest BCUT2D eigenvalue weighted by atomic mass is 32.1. The van der Waals surface area contributed by atoms with E-state index >= 15 is 0 Å². The van der Waals surface area contributed by atoms with E-state index in [4.69, 9.17) is 14.5 Å². The molecule has 0 atom stereocenters. The van der Waals surface area contributed by atoms with Gasteiger partial charge in [-0.2, -0.15) is 0 Å². The fraction of sp³-hybridized carbons (Fsp3) is 0.370. The molecular weight excluding hydrogens is 502 g/mol. The standard InChI is InChI=1S/C27H31N7O3S/c1-27(2,3)37-26(35)34-11-9-33(10-12-34)16-18-5-8-23(28-14-18)31-25-29-15-21(36-4)24(32-25)19-6-7-22-20(13-19)30-17-38-22/h5-8,13-15,17H,9-12,16H2,1-4H3,(H,28,29,31,32). The van der Waals surface area contributed by atoms with Gasteiger partial charge in [-0.25, -0.2) is 24.7 Å². The summed E-state index contributed by atoms with van der Waals surface area (Å²) in [4.78, 5) is 34.4. The normalized spacial score (nSPS) is 14.5. The van der Waals surface area contributed by atoms with Gasteiger partial charge in [0.25, 0.3) is 0 Å². The molecule has 10 nitrogen and oxygen atoms in total. The molecule has 0 bridgehead atoms. The van der Waals surface area contributed by atoms with Crippen molar-refractivity contribution in [1.29, 1.82) is 0 Å². The molecule has 5 rings (SSSR count). The van der Waals surface area contributed by atoms with Crippen molar-refractivity contribution in [1.82, 2.24) is 29.7 Å². The van der Waals surface area contributed by atoms with Gasteiger partial charge in [-0.3, -0.25) is 4.90 Å². The number of hydrogen-bond acceptors (Lipinski definition) is 10. The van der Waals surface area contributed by atoms with Crippen LogP contribution >= 0.6 is 11.3 Å². The van der Waals surface area contributed by atoms with Crippen LogP contribution in [0.3, 0.4) is 0 Å². The Labute approximate surface area is 225 Å². The monoisotopic (exact) mass is 533 g/mol. The Morgan fingerprint density at radius 1 is 1.05 bits per heavy atom. The van der Waals surface area contributed by atoms with Crippen molar-refractivity contribution in [3.05, 3.63) is 53.8 Å². The molecule has 1 saturated heterocycles. The minimum atomic E-state index is -0.482. The summed E-state index contributed by atoms with van der Waals surface area (Å²) < 4.78 is 12.1. The number of ether oxygens (including phenoxy) is 2. The third-order valence-corrected chi connectivity index (χ3v) is 6.88. The Kier molecular flexibility index (Phi) is 7.39. The lowest BCUT2D eigenvalue weighted by Gasteiger charge is -2.35. The average molecular weight is 534 g/mol. The Bertz CT molecular complexity index is 1410. The Morgan fingerprint density at radius 2 is 1.87 bits per heavy atom. The van der Waals surface area contributed by atoms with Crippen LogP contribution in [0.2, 0.25) is 0 Å². The highest BCUT2D eigenvalue weighted by Crippen LogP contribution is 2.31. The second kappa shape index (κ2) is 10.9. The molecule has 1 fully saturated rings. The number of thiazole rings is 1. The number of anilines is 2. The fourth-order valence-electron chi connectivity index (χ4n) is 4.17. The van der Waals surface area contributed by atoms with Crippen molar-refractivity contribution in [3.63, 3.8) is 0 Å². The summed E-state index contributed by atoms with van der Waals surface area (Å²) in [5.74, 6) is 1.66. The van der Waals surface area contributed by atoms with Crippen LogP contribution in [0.15, 0.2) is 48.2 Å². The van der Waals surface area contributed by atoms with Gasteiger partial charge < -0.3 is 19.7 Å². The zero-order chi connectivity index (χ0) is 26.7. The minimum Gasteiger partial charge on any atom is -0.493 e. The van der Waals surface area contributed by atoms with E-state index in [9.17, 15) is 4.79 Å². The molecule has 11 heteroatoms. The fourth-order valence-corrected chi connectivity index (χ4v) is 4.83. The summed E-state index contributed by atoms with van der Waals surface area (Å²) in [6.07, 6.45) is 3.26. The molecular formula is C27H31N7O3S. The van der Waals surface area contributed by atoms with Crippen LogP contribution in [0.4, 0.5) is 16.6 Å². The van der Waals surface area contributed by atoms with Crippen molar-refractivity contribution in [2.45, 2.75) is 32.9 Å². The van der Waals surface area contributed by atoms with E-state index in [0.717, 1.165) is 41.0 Å². The number of amides is 1. The second-order valence-corrected chi connectivity index (χ2v) is 11.0. The molecule has 1 N–H and O–H groups in total. The first kappa shape index (κ1) is 25.8. The van der Waals surface area contributed by atoms with Crippen LogP contribution in [0, 0.1) is 0 Å². The van der Waals surface area contributed by atoms with Crippen LogP contribution < -0.4 is 10.1 Å². The van der Waals surface area contributed by atoms with Gasteiger partial charge in [0.1, 0.15) is 17.1 Å². The van der Waals surface area contributed by atoms with Crippen LogP contribution in [0.25, 0.3) is 21.5 Å². The molecule has 198 valence electrons. The molecule has 4 heterocycles. The first-order valence-corrected chi connectivity index (χ1v) is 13.3. The smallest absolute Gasteiger partial charge is 0.410 e. The van der Waals surface area contributed by atoms with Gasteiger partial charge in [-0.1, -0.05) is 12.1 Å². The molecule has 0 saturated carbocycles. The Morgan fingerprint density at radius 3 is 2.58 bits per heavy atom. The first-order chi connectivity index (χ1) is 18.3. The maximum Gasteiger partial charge on any atom is 0.410 e. The van der Waals surface area contributed by atoms with Crippen molar-refractivity contribution in [2.75, 3.05) is 38.6 Å². The number of piperazine rings is 1. The number of nitrogens with one attached hydrogen (secondary N) is 1. The van der Waals surface area contributed by atoms with Gasteiger partial charge in [-0.05, 0) is 44.5 Å². The summed E-state index contributed by atoms with van der Waals surface area (Å²) in [5, 5.41) is 3.19. The predicted octanol–water partition coefficient (Wildman–Crippen LogP) is 4.95. The van der Waals surface area contributed by atoms with E-state index in [0.29, 0.717) is 36.3 Å². The molecule has 1 aliphatic heterocycles. The largest absolute Gasteiger partial charge is 0.493 e. The van der Waals surface area contributed by atoms with Crippen LogP contribution in [-0.2, 0) is 11.3 Å². The molecule has 1 amide bonds. The minimum absolute atomic E-state index is 0.248. The number of carbonyl (C=O) groups excluding carboxylic acids is 1. The van der Waals surface area contributed by atoms with Gasteiger partial charge in [0.05, 0.1) is 29.0 Å². The van der Waals surface area contributed by atoms with Crippen LogP contribution in [-0.4, -0.2) is 74.7 Å². The quantitative estimate of drug-likeness (QED) is 0.368. The van der Waals surface area contributed by atoms with Gasteiger partial charge in [-0.15, -0.1) is 11.3 Å². The number of benzene rings is 1. The number of carbonyl (C=O) groups is 1. The predicted molar refractivity (Wildman–Crippen MR) is 148 cm³/mol. The third-order valence-electron chi connectivity index (χ3n) is 6.07. The number of fused-ring (bicyclic) bond motifs is 1. The SMILES string of the molecule is COc1cnc(Nc2ccc(CN3CCN(C(=O)OC(C)(C)C)CC3)cn2)nc1-c1ccc2scnc2c1. The summed E-state index contributed by atoms with van der Waals surface area (Å²) in [7, 11) is 1.61. The van der Waals surface area contributed by atoms with Gasteiger partial charge in [0, 0.05) is 44.5 Å². The molecule has 0 unspecified atom stereocenters. The molecule has 1 aliphatic rings.